The number of sulfone groups is 1. The summed E-state index contributed by atoms with van der Waals surface area (Å²) in [5, 5.41) is 10.1. The summed E-state index contributed by atoms with van der Waals surface area (Å²) in [6.45, 7) is 1.95. The molecule has 0 N–H and O–H groups in total. The van der Waals surface area contributed by atoms with E-state index in [9.17, 15) is 18.5 Å². The van der Waals surface area contributed by atoms with Crippen molar-refractivity contribution in [3.63, 3.8) is 0 Å². The maximum Gasteiger partial charge on any atom is 0.308 e. The molecule has 0 saturated carbocycles. The van der Waals surface area contributed by atoms with E-state index < -0.39 is 26.7 Å². The van der Waals surface area contributed by atoms with Crippen LogP contribution < -0.4 is 0 Å². The molecule has 0 fully saturated rings. The van der Waals surface area contributed by atoms with E-state index in [-0.39, 0.29) is 31.0 Å². The summed E-state index contributed by atoms with van der Waals surface area (Å²) in [5.41, 5.74) is 1.52. The Hall–Kier alpha value is -2.69. The second-order valence-electron chi connectivity index (χ2n) is 6.57. The molecule has 28 heavy (non-hydrogen) atoms. The van der Waals surface area contributed by atoms with Gasteiger partial charge in [-0.1, -0.05) is 42.5 Å². The summed E-state index contributed by atoms with van der Waals surface area (Å²) in [5.74, 6) is -0.596. The van der Waals surface area contributed by atoms with Crippen LogP contribution in [-0.4, -0.2) is 31.8 Å². The Morgan fingerprint density at radius 3 is 2.46 bits per heavy atom. The number of hydrogen-bond donors (Lipinski definition) is 0. The first kappa shape index (κ1) is 20.1. The molecule has 146 valence electrons. The van der Waals surface area contributed by atoms with Crippen LogP contribution in [0.25, 0.3) is 0 Å². The Labute approximate surface area is 164 Å². The highest BCUT2D eigenvalue weighted by atomic mass is 32.2. The zero-order valence-corrected chi connectivity index (χ0v) is 16.3. The molecule has 0 aromatic heterocycles. The van der Waals surface area contributed by atoms with E-state index in [2.05, 4.69) is 0 Å². The third-order valence-electron chi connectivity index (χ3n) is 4.91. The van der Waals surface area contributed by atoms with Crippen LogP contribution in [-0.2, 0) is 37.1 Å². The Morgan fingerprint density at radius 2 is 1.82 bits per heavy atom. The molecule has 7 heteroatoms. The highest BCUT2D eigenvalue weighted by molar-refractivity contribution is 7.93. The second kappa shape index (κ2) is 8.13. The molecule has 1 aliphatic heterocycles. The molecule has 0 amide bonds. The van der Waals surface area contributed by atoms with Gasteiger partial charge in [0.1, 0.15) is 6.10 Å². The van der Waals surface area contributed by atoms with Gasteiger partial charge in [0.05, 0.1) is 30.6 Å². The predicted octanol–water partition coefficient (Wildman–Crippen LogP) is 2.82. The van der Waals surface area contributed by atoms with Crippen molar-refractivity contribution in [1.29, 1.82) is 5.26 Å². The van der Waals surface area contributed by atoms with E-state index in [0.717, 1.165) is 11.1 Å². The van der Waals surface area contributed by atoms with E-state index >= 15 is 0 Å². The summed E-state index contributed by atoms with van der Waals surface area (Å²) in [6.07, 6.45) is -1.54. The smallest absolute Gasteiger partial charge is 0.308 e. The van der Waals surface area contributed by atoms with Crippen LogP contribution >= 0.6 is 0 Å². The van der Waals surface area contributed by atoms with E-state index in [4.69, 9.17) is 9.47 Å². The summed E-state index contributed by atoms with van der Waals surface area (Å²) in [4.78, 5) is 12.2. The minimum Gasteiger partial charge on any atom is -0.466 e. The molecule has 2 aromatic rings. The molecule has 0 spiro atoms. The zero-order chi connectivity index (χ0) is 20.2. The van der Waals surface area contributed by atoms with Gasteiger partial charge < -0.3 is 9.47 Å². The third kappa shape index (κ3) is 3.53. The highest BCUT2D eigenvalue weighted by Crippen LogP contribution is 2.38. The first-order chi connectivity index (χ1) is 13.4. The van der Waals surface area contributed by atoms with Gasteiger partial charge in [0.15, 0.2) is 14.6 Å². The lowest BCUT2D eigenvalue weighted by atomic mass is 9.91. The number of rotatable bonds is 5. The van der Waals surface area contributed by atoms with Gasteiger partial charge in [0, 0.05) is 6.42 Å². The lowest BCUT2D eigenvalue weighted by Gasteiger charge is -2.32. The third-order valence-corrected chi connectivity index (χ3v) is 7.26. The van der Waals surface area contributed by atoms with Crippen molar-refractivity contribution >= 4 is 15.8 Å². The van der Waals surface area contributed by atoms with Gasteiger partial charge in [-0.3, -0.25) is 4.79 Å². The molecule has 0 unspecified atom stereocenters. The molecular formula is C21H21NO5S. The molecule has 1 aliphatic rings. The topological polar surface area (TPSA) is 93.5 Å². The normalized spacial score (nSPS) is 21.8. The molecule has 0 radical (unpaired) electrons. The van der Waals surface area contributed by atoms with Gasteiger partial charge >= 0.3 is 5.97 Å². The predicted molar refractivity (Wildman–Crippen MR) is 102 cm³/mol. The Bertz CT molecular complexity index is 997. The van der Waals surface area contributed by atoms with E-state index in [1.165, 1.54) is 12.1 Å². The van der Waals surface area contributed by atoms with Crippen molar-refractivity contribution in [3.05, 3.63) is 65.7 Å². The van der Waals surface area contributed by atoms with Crippen molar-refractivity contribution in [3.8, 4) is 6.07 Å². The molecule has 3 rings (SSSR count). The summed E-state index contributed by atoms with van der Waals surface area (Å²) < 4.78 is 36.1. The molecule has 0 bridgehead atoms. The van der Waals surface area contributed by atoms with Gasteiger partial charge in [-0.2, -0.15) is 5.26 Å². The van der Waals surface area contributed by atoms with Crippen LogP contribution in [0, 0.1) is 11.3 Å². The highest BCUT2D eigenvalue weighted by Gasteiger charge is 2.54. The summed E-state index contributed by atoms with van der Waals surface area (Å²) in [7, 11) is -4.14. The maximum atomic E-state index is 13.6. The monoisotopic (exact) mass is 399 g/mol. The molecular weight excluding hydrogens is 378 g/mol. The maximum absolute atomic E-state index is 13.6. The minimum atomic E-state index is -4.14. The van der Waals surface area contributed by atoms with Gasteiger partial charge in [-0.25, -0.2) is 8.42 Å². The minimum absolute atomic E-state index is 0.0217. The van der Waals surface area contributed by atoms with Crippen molar-refractivity contribution in [1.82, 2.24) is 0 Å². The number of carbonyl (C=O) groups excluding carboxylic acids is 1. The van der Waals surface area contributed by atoms with Crippen molar-refractivity contribution in [2.75, 3.05) is 6.61 Å². The van der Waals surface area contributed by atoms with Crippen molar-refractivity contribution in [2.24, 2.45) is 0 Å². The SMILES string of the molecule is CCOC(=O)C[C@H]1OCc2ccccc2C[C@]1(C#N)S(=O)(=O)c1ccccc1. The molecule has 2 atom stereocenters. The number of ether oxygens (including phenoxy) is 2. The van der Waals surface area contributed by atoms with Gasteiger partial charge in [0.25, 0.3) is 0 Å². The molecule has 6 nitrogen and oxygen atoms in total. The Balaban J connectivity index is 2.15. The number of carbonyl (C=O) groups is 1. The largest absolute Gasteiger partial charge is 0.466 e. The van der Waals surface area contributed by atoms with E-state index in [0.29, 0.717) is 0 Å². The number of hydrogen-bond acceptors (Lipinski definition) is 6. The summed E-state index contributed by atoms with van der Waals surface area (Å²) in [6, 6.07) is 17.1. The van der Waals surface area contributed by atoms with Crippen molar-refractivity contribution < 1.29 is 22.7 Å². The fourth-order valence-corrected chi connectivity index (χ4v) is 5.34. The van der Waals surface area contributed by atoms with Crippen LogP contribution in [0.15, 0.2) is 59.5 Å². The van der Waals surface area contributed by atoms with Crippen LogP contribution in [0.2, 0.25) is 0 Å². The van der Waals surface area contributed by atoms with Crippen LogP contribution in [0.4, 0.5) is 0 Å². The van der Waals surface area contributed by atoms with Gasteiger partial charge in [-0.15, -0.1) is 0 Å². The average molecular weight is 399 g/mol. The second-order valence-corrected chi connectivity index (χ2v) is 8.78. The quantitative estimate of drug-likeness (QED) is 0.718. The lowest BCUT2D eigenvalue weighted by molar-refractivity contribution is -0.147. The molecule has 0 saturated heterocycles. The fraction of sp³-hybridized carbons (Fsp3) is 0.333. The van der Waals surface area contributed by atoms with Crippen LogP contribution in [0.3, 0.4) is 0 Å². The molecule has 2 aromatic carbocycles. The zero-order valence-electron chi connectivity index (χ0n) is 15.5. The van der Waals surface area contributed by atoms with Crippen LogP contribution in [0.5, 0.6) is 0 Å². The fourth-order valence-electron chi connectivity index (χ4n) is 3.44. The number of benzene rings is 2. The molecule has 0 aliphatic carbocycles. The van der Waals surface area contributed by atoms with E-state index in [1.54, 1.807) is 37.3 Å². The first-order valence-electron chi connectivity index (χ1n) is 8.99. The Kier molecular flexibility index (Phi) is 5.82. The summed E-state index contributed by atoms with van der Waals surface area (Å²) >= 11 is 0. The van der Waals surface area contributed by atoms with Gasteiger partial charge in [-0.05, 0) is 30.2 Å². The van der Waals surface area contributed by atoms with Crippen molar-refractivity contribution in [2.45, 2.75) is 42.1 Å². The Morgan fingerprint density at radius 1 is 1.18 bits per heavy atom. The number of fused-ring (bicyclic) bond motifs is 1. The number of nitrogens with zero attached hydrogens (tertiary/aromatic N) is 1. The van der Waals surface area contributed by atoms with Gasteiger partial charge in [0.2, 0.25) is 0 Å². The average Bonchev–Trinajstić information content (AvgIpc) is 2.86. The number of esters is 1. The molecule has 1 heterocycles. The standard InChI is InChI=1S/C21H21NO5S/c1-2-26-20(23)12-19-21(15-22,28(24,25)18-10-4-3-5-11-18)13-16-8-6-7-9-17(16)14-27-19/h3-11,19H,2,12-14H2,1H3/t19-,21-/m1/s1. The lowest BCUT2D eigenvalue weighted by Crippen LogP contribution is -2.51. The number of nitriles is 1. The van der Waals surface area contributed by atoms with E-state index in [1.807, 2.05) is 18.2 Å². The first-order valence-corrected chi connectivity index (χ1v) is 10.5. The van der Waals surface area contributed by atoms with Crippen LogP contribution in [0.1, 0.15) is 24.5 Å².